The van der Waals surface area contributed by atoms with E-state index in [0.717, 1.165) is 36.5 Å². The van der Waals surface area contributed by atoms with Crippen molar-refractivity contribution in [2.45, 2.75) is 39.2 Å². The summed E-state index contributed by atoms with van der Waals surface area (Å²) >= 11 is 0. The number of aromatic nitrogens is 2. The highest BCUT2D eigenvalue weighted by Gasteiger charge is 2.16. The molecule has 7 heteroatoms. The maximum absolute atomic E-state index is 6.03. The van der Waals surface area contributed by atoms with Gasteiger partial charge in [0.25, 0.3) is 0 Å². The summed E-state index contributed by atoms with van der Waals surface area (Å²) in [6, 6.07) is 4.01. The Morgan fingerprint density at radius 2 is 2.03 bits per heavy atom. The first kappa shape index (κ1) is 19.6. The van der Waals surface area contributed by atoms with Gasteiger partial charge in [-0.1, -0.05) is 6.92 Å². The molecule has 0 atom stereocenters. The minimum atomic E-state index is 0.638. The van der Waals surface area contributed by atoms with Crippen LogP contribution in [0.5, 0.6) is 11.5 Å². The average molecular weight is 396 g/mol. The zero-order valence-electron chi connectivity index (χ0n) is 17.3. The summed E-state index contributed by atoms with van der Waals surface area (Å²) in [6.45, 7) is 6.98. The van der Waals surface area contributed by atoms with Crippen LogP contribution < -0.4 is 14.8 Å². The van der Waals surface area contributed by atoms with Crippen LogP contribution >= 0.6 is 0 Å². The Balaban J connectivity index is 1.45. The summed E-state index contributed by atoms with van der Waals surface area (Å²) in [5.41, 5.74) is 3.28. The Morgan fingerprint density at radius 3 is 2.83 bits per heavy atom. The molecule has 1 saturated heterocycles. The SMILES string of the molecule is CCc1cc2c(c(Nc3cc(OCCCN4CCCC4)c(OC)cn3)n1)C=NC2. The molecule has 29 heavy (non-hydrogen) atoms. The van der Waals surface area contributed by atoms with Crippen molar-refractivity contribution in [3.05, 3.63) is 35.2 Å². The van der Waals surface area contributed by atoms with Crippen molar-refractivity contribution >= 4 is 17.9 Å². The van der Waals surface area contributed by atoms with Crippen molar-refractivity contribution in [2.75, 3.05) is 38.7 Å². The second kappa shape index (κ2) is 9.22. The summed E-state index contributed by atoms with van der Waals surface area (Å²) in [5, 5.41) is 3.35. The van der Waals surface area contributed by atoms with Crippen molar-refractivity contribution in [2.24, 2.45) is 4.99 Å². The second-order valence-electron chi connectivity index (χ2n) is 7.45. The summed E-state index contributed by atoms with van der Waals surface area (Å²) < 4.78 is 11.5. The summed E-state index contributed by atoms with van der Waals surface area (Å²) in [7, 11) is 1.64. The molecule has 1 fully saturated rings. The molecule has 2 aliphatic rings. The molecular formula is C22H29N5O2. The van der Waals surface area contributed by atoms with E-state index in [4.69, 9.17) is 14.5 Å². The molecule has 2 aliphatic heterocycles. The number of rotatable bonds is 9. The highest BCUT2D eigenvalue weighted by molar-refractivity contribution is 5.91. The Bertz CT molecular complexity index is 878. The highest BCUT2D eigenvalue weighted by Crippen LogP contribution is 2.31. The molecule has 0 saturated carbocycles. The summed E-state index contributed by atoms with van der Waals surface area (Å²) in [6.07, 6.45) is 8.08. The lowest BCUT2D eigenvalue weighted by Gasteiger charge is -2.16. The van der Waals surface area contributed by atoms with Crippen LogP contribution in [0.4, 0.5) is 11.6 Å². The van der Waals surface area contributed by atoms with Crippen molar-refractivity contribution in [1.29, 1.82) is 0 Å². The van der Waals surface area contributed by atoms with E-state index in [1.807, 2.05) is 12.3 Å². The fourth-order valence-corrected chi connectivity index (χ4v) is 3.81. The molecular weight excluding hydrogens is 366 g/mol. The number of nitrogens with zero attached hydrogens (tertiary/aromatic N) is 4. The third-order valence-electron chi connectivity index (χ3n) is 5.41. The monoisotopic (exact) mass is 395 g/mol. The zero-order chi connectivity index (χ0) is 20.1. The lowest BCUT2D eigenvalue weighted by molar-refractivity contribution is 0.254. The first-order valence-corrected chi connectivity index (χ1v) is 10.5. The molecule has 4 rings (SSSR count). The lowest BCUT2D eigenvalue weighted by atomic mass is 10.1. The Labute approximate surface area is 172 Å². The van der Waals surface area contributed by atoms with E-state index in [2.05, 4.69) is 33.2 Å². The number of hydrogen-bond donors (Lipinski definition) is 1. The van der Waals surface area contributed by atoms with Gasteiger partial charge in [-0.3, -0.25) is 4.99 Å². The average Bonchev–Trinajstić information content (AvgIpc) is 3.43. The third-order valence-corrected chi connectivity index (χ3v) is 5.41. The van der Waals surface area contributed by atoms with Gasteiger partial charge in [0.1, 0.15) is 11.6 Å². The van der Waals surface area contributed by atoms with Crippen LogP contribution in [0.25, 0.3) is 0 Å². The van der Waals surface area contributed by atoms with Crippen LogP contribution in [-0.4, -0.2) is 54.4 Å². The van der Waals surface area contributed by atoms with Crippen LogP contribution in [0, 0.1) is 0 Å². The van der Waals surface area contributed by atoms with Gasteiger partial charge in [-0.25, -0.2) is 9.97 Å². The van der Waals surface area contributed by atoms with Crippen molar-refractivity contribution in [1.82, 2.24) is 14.9 Å². The van der Waals surface area contributed by atoms with Crippen LogP contribution in [0.3, 0.4) is 0 Å². The molecule has 4 heterocycles. The van der Waals surface area contributed by atoms with Crippen LogP contribution in [0.2, 0.25) is 0 Å². The first-order chi connectivity index (χ1) is 14.3. The van der Waals surface area contributed by atoms with Gasteiger partial charge in [-0.15, -0.1) is 0 Å². The van der Waals surface area contributed by atoms with E-state index in [1.165, 1.54) is 31.5 Å². The molecule has 154 valence electrons. The van der Waals surface area contributed by atoms with Gasteiger partial charge < -0.3 is 19.7 Å². The number of pyridine rings is 2. The number of aliphatic imine (C=N–C) groups is 1. The molecule has 2 aromatic rings. The van der Waals surface area contributed by atoms with Gasteiger partial charge in [0.2, 0.25) is 0 Å². The molecule has 0 unspecified atom stereocenters. The maximum Gasteiger partial charge on any atom is 0.179 e. The highest BCUT2D eigenvalue weighted by atomic mass is 16.5. The predicted octanol–water partition coefficient (Wildman–Crippen LogP) is 3.59. The van der Waals surface area contributed by atoms with Gasteiger partial charge in [0.15, 0.2) is 11.5 Å². The number of nitrogens with one attached hydrogen (secondary N) is 1. The Kier molecular flexibility index (Phi) is 6.24. The number of hydrogen-bond acceptors (Lipinski definition) is 7. The smallest absolute Gasteiger partial charge is 0.179 e. The largest absolute Gasteiger partial charge is 0.491 e. The molecule has 0 aliphatic carbocycles. The lowest BCUT2D eigenvalue weighted by Crippen LogP contribution is -2.22. The van der Waals surface area contributed by atoms with E-state index in [-0.39, 0.29) is 0 Å². The van der Waals surface area contributed by atoms with Crippen molar-refractivity contribution < 1.29 is 9.47 Å². The molecule has 0 amide bonds. The third kappa shape index (κ3) is 4.67. The van der Waals surface area contributed by atoms with E-state index in [1.54, 1.807) is 13.3 Å². The molecule has 1 N–H and O–H groups in total. The fraction of sp³-hybridized carbons (Fsp3) is 0.500. The molecule has 0 spiro atoms. The summed E-state index contributed by atoms with van der Waals surface area (Å²) in [4.78, 5) is 16.1. The van der Waals surface area contributed by atoms with Crippen LogP contribution in [0.15, 0.2) is 23.3 Å². The van der Waals surface area contributed by atoms with Gasteiger partial charge in [0.05, 0.1) is 26.5 Å². The van der Waals surface area contributed by atoms with E-state index < -0.39 is 0 Å². The van der Waals surface area contributed by atoms with Gasteiger partial charge in [-0.2, -0.15) is 0 Å². The molecule has 2 aromatic heterocycles. The number of anilines is 2. The van der Waals surface area contributed by atoms with Crippen molar-refractivity contribution in [3.63, 3.8) is 0 Å². The Hall–Kier alpha value is -2.67. The topological polar surface area (TPSA) is 71.9 Å². The second-order valence-corrected chi connectivity index (χ2v) is 7.45. The maximum atomic E-state index is 6.03. The minimum Gasteiger partial charge on any atom is -0.491 e. The number of fused-ring (bicyclic) bond motifs is 1. The quantitative estimate of drug-likeness (QED) is 0.654. The normalized spacial score (nSPS) is 15.5. The van der Waals surface area contributed by atoms with Gasteiger partial charge >= 0.3 is 0 Å². The van der Waals surface area contributed by atoms with Gasteiger partial charge in [-0.05, 0) is 50.4 Å². The fourth-order valence-electron chi connectivity index (χ4n) is 3.81. The zero-order valence-corrected chi connectivity index (χ0v) is 17.3. The standard InChI is InChI=1S/C22H29N5O2/c1-3-17-11-16-13-23-14-18(16)22(25-17)26-21-12-19(20(28-2)15-24-21)29-10-6-9-27-7-4-5-8-27/h11-12,14-15H,3-10,13H2,1-2H3,(H,24,25,26). The molecule has 0 radical (unpaired) electrons. The number of likely N-dealkylation sites (tertiary alicyclic amines) is 1. The number of methoxy groups -OCH3 is 1. The van der Waals surface area contributed by atoms with Crippen LogP contribution in [-0.2, 0) is 13.0 Å². The van der Waals surface area contributed by atoms with E-state index in [9.17, 15) is 0 Å². The first-order valence-electron chi connectivity index (χ1n) is 10.5. The minimum absolute atomic E-state index is 0.638. The molecule has 7 nitrogen and oxygen atoms in total. The summed E-state index contributed by atoms with van der Waals surface area (Å²) in [5.74, 6) is 2.81. The molecule has 0 aromatic carbocycles. The predicted molar refractivity (Wildman–Crippen MR) is 115 cm³/mol. The van der Waals surface area contributed by atoms with Crippen LogP contribution in [0.1, 0.15) is 43.0 Å². The van der Waals surface area contributed by atoms with E-state index >= 15 is 0 Å². The Morgan fingerprint density at radius 1 is 1.17 bits per heavy atom. The number of ether oxygens (including phenoxy) is 2. The number of aryl methyl sites for hydroxylation is 1. The molecule has 0 bridgehead atoms. The van der Waals surface area contributed by atoms with Crippen molar-refractivity contribution in [3.8, 4) is 11.5 Å². The van der Waals surface area contributed by atoms with E-state index in [0.29, 0.717) is 30.5 Å². The van der Waals surface area contributed by atoms with Gasteiger partial charge in [0, 0.05) is 30.1 Å².